The van der Waals surface area contributed by atoms with Gasteiger partial charge in [0.2, 0.25) is 0 Å². The summed E-state index contributed by atoms with van der Waals surface area (Å²) in [4.78, 5) is 27.4. The molecule has 0 saturated carbocycles. The first kappa shape index (κ1) is 22.2. The molecule has 1 aromatic carbocycles. The van der Waals surface area contributed by atoms with Gasteiger partial charge in [0, 0.05) is 49.6 Å². The van der Waals surface area contributed by atoms with Crippen LogP contribution in [0.25, 0.3) is 11.0 Å². The highest BCUT2D eigenvalue weighted by molar-refractivity contribution is 5.85. The molecule has 3 aromatic rings. The number of piperidine rings is 1. The Hall–Kier alpha value is -2.61. The van der Waals surface area contributed by atoms with Crippen molar-refractivity contribution in [2.45, 2.75) is 44.4 Å². The zero-order chi connectivity index (χ0) is 21.7. The fourth-order valence-electron chi connectivity index (χ4n) is 5.49. The predicted octanol–water partition coefficient (Wildman–Crippen LogP) is 2.33. The van der Waals surface area contributed by atoms with Gasteiger partial charge in [-0.3, -0.25) is 18.7 Å². The molecule has 33 heavy (non-hydrogen) atoms. The highest BCUT2D eigenvalue weighted by Crippen LogP contribution is 2.27. The summed E-state index contributed by atoms with van der Waals surface area (Å²) in [5, 5.41) is 4.66. The Morgan fingerprint density at radius 2 is 1.79 bits per heavy atom. The SMILES string of the molecule is Cl.O=c1ccc2ccc(=O)n3c2n1C[C@H]3CN1CCC(NCc2ccc3c(c2)OCC3)CC1. The van der Waals surface area contributed by atoms with Gasteiger partial charge in [0.25, 0.3) is 11.1 Å². The fourth-order valence-corrected chi connectivity index (χ4v) is 5.49. The molecule has 7 nitrogen and oxygen atoms in total. The Kier molecular flexibility index (Phi) is 6.03. The van der Waals surface area contributed by atoms with Crippen LogP contribution >= 0.6 is 12.4 Å². The highest BCUT2D eigenvalue weighted by Gasteiger charge is 2.29. The summed E-state index contributed by atoms with van der Waals surface area (Å²) in [7, 11) is 0. The van der Waals surface area contributed by atoms with Gasteiger partial charge in [0.1, 0.15) is 11.4 Å². The first-order chi connectivity index (χ1) is 15.7. The van der Waals surface area contributed by atoms with Gasteiger partial charge in [-0.25, -0.2) is 0 Å². The van der Waals surface area contributed by atoms with Crippen LogP contribution in [0.3, 0.4) is 0 Å². The number of nitrogens with one attached hydrogen (secondary N) is 1. The van der Waals surface area contributed by atoms with Crippen molar-refractivity contribution in [3.8, 4) is 5.75 Å². The lowest BCUT2D eigenvalue weighted by atomic mass is 10.0. The van der Waals surface area contributed by atoms with Gasteiger partial charge >= 0.3 is 0 Å². The quantitative estimate of drug-likeness (QED) is 0.622. The van der Waals surface area contributed by atoms with Crippen molar-refractivity contribution in [2.24, 2.45) is 0 Å². The third-order valence-corrected chi connectivity index (χ3v) is 7.23. The lowest BCUT2D eigenvalue weighted by molar-refractivity contribution is 0.171. The molecule has 0 unspecified atom stereocenters. The average Bonchev–Trinajstić information content (AvgIpc) is 3.43. The maximum Gasteiger partial charge on any atom is 0.252 e. The fraction of sp³-hybridized carbons (Fsp3) is 0.440. The minimum Gasteiger partial charge on any atom is -0.493 e. The molecule has 1 N–H and O–H groups in total. The van der Waals surface area contributed by atoms with E-state index in [-0.39, 0.29) is 29.6 Å². The number of rotatable bonds is 5. The summed E-state index contributed by atoms with van der Waals surface area (Å²) in [5.41, 5.74) is 3.31. The van der Waals surface area contributed by atoms with Crippen LogP contribution in [-0.2, 0) is 19.5 Å². The lowest BCUT2D eigenvalue weighted by Crippen LogP contribution is -2.44. The molecule has 8 heteroatoms. The molecule has 0 aliphatic carbocycles. The van der Waals surface area contributed by atoms with Crippen LogP contribution in [0, 0.1) is 0 Å². The number of ether oxygens (including phenoxy) is 1. The van der Waals surface area contributed by atoms with Gasteiger partial charge in [-0.2, -0.15) is 0 Å². The summed E-state index contributed by atoms with van der Waals surface area (Å²) >= 11 is 0. The molecular formula is C25H29ClN4O3. The molecule has 3 aliphatic heterocycles. The number of halogens is 1. The molecule has 0 bridgehead atoms. The maximum absolute atomic E-state index is 12.6. The van der Waals surface area contributed by atoms with Crippen LogP contribution in [0.1, 0.15) is 30.0 Å². The minimum atomic E-state index is -0.0285. The highest BCUT2D eigenvalue weighted by atomic mass is 35.5. The molecule has 1 saturated heterocycles. The molecule has 1 atom stereocenters. The van der Waals surface area contributed by atoms with E-state index in [0.29, 0.717) is 12.6 Å². The zero-order valence-electron chi connectivity index (χ0n) is 18.5. The monoisotopic (exact) mass is 468 g/mol. The van der Waals surface area contributed by atoms with E-state index in [1.54, 1.807) is 16.7 Å². The van der Waals surface area contributed by atoms with E-state index >= 15 is 0 Å². The van der Waals surface area contributed by atoms with Gasteiger partial charge in [-0.05, 0) is 55.3 Å². The van der Waals surface area contributed by atoms with Crippen LogP contribution < -0.4 is 21.2 Å². The second kappa shape index (κ2) is 8.97. The number of pyridine rings is 2. The number of hydrogen-bond acceptors (Lipinski definition) is 5. The standard InChI is InChI=1S/C25H28N4O3.ClH/c30-23-5-3-19-4-6-24(31)29-21(16-28(23)25(19)29)15-27-10-7-20(8-11-27)26-14-17-1-2-18-9-12-32-22(18)13-17;/h1-6,13,20-21,26H,7-12,14-16H2;1H/t21-;/m1./s1. The third-order valence-electron chi connectivity index (χ3n) is 7.23. The van der Waals surface area contributed by atoms with Crippen molar-refractivity contribution in [1.29, 1.82) is 0 Å². The van der Waals surface area contributed by atoms with Gasteiger partial charge in [-0.15, -0.1) is 12.4 Å². The van der Waals surface area contributed by atoms with E-state index in [1.807, 2.05) is 16.7 Å². The van der Waals surface area contributed by atoms with Crippen molar-refractivity contribution in [3.63, 3.8) is 0 Å². The van der Waals surface area contributed by atoms with E-state index in [0.717, 1.165) is 68.8 Å². The Morgan fingerprint density at radius 3 is 2.61 bits per heavy atom. The summed E-state index contributed by atoms with van der Waals surface area (Å²) in [6.45, 7) is 5.03. The van der Waals surface area contributed by atoms with Crippen molar-refractivity contribution in [3.05, 3.63) is 74.3 Å². The first-order valence-corrected chi connectivity index (χ1v) is 11.6. The molecule has 5 heterocycles. The molecule has 174 valence electrons. The Morgan fingerprint density at radius 1 is 1.00 bits per heavy atom. The number of aromatic nitrogens is 2. The lowest BCUT2D eigenvalue weighted by Gasteiger charge is -2.34. The maximum atomic E-state index is 12.6. The van der Waals surface area contributed by atoms with E-state index < -0.39 is 0 Å². The van der Waals surface area contributed by atoms with Crippen LogP contribution in [0.2, 0.25) is 0 Å². The van der Waals surface area contributed by atoms with Gasteiger partial charge < -0.3 is 15.0 Å². The van der Waals surface area contributed by atoms with Gasteiger partial charge in [0.15, 0.2) is 0 Å². The predicted molar refractivity (Wildman–Crippen MR) is 131 cm³/mol. The molecule has 3 aliphatic rings. The smallest absolute Gasteiger partial charge is 0.252 e. The molecule has 2 aromatic heterocycles. The van der Waals surface area contributed by atoms with E-state index in [4.69, 9.17) is 4.74 Å². The molecule has 1 fully saturated rings. The summed E-state index contributed by atoms with van der Waals surface area (Å²) in [6.07, 6.45) is 3.18. The van der Waals surface area contributed by atoms with Crippen LogP contribution in [0.5, 0.6) is 5.75 Å². The Labute approximate surface area is 198 Å². The molecule has 0 radical (unpaired) electrons. The molecule has 0 spiro atoms. The number of hydrogen-bond donors (Lipinski definition) is 1. The molecule has 6 rings (SSSR count). The summed E-state index contributed by atoms with van der Waals surface area (Å²) in [6, 6.07) is 13.9. The number of nitrogens with zero attached hydrogens (tertiary/aromatic N) is 3. The largest absolute Gasteiger partial charge is 0.493 e. The van der Waals surface area contributed by atoms with E-state index in [9.17, 15) is 9.59 Å². The second-order valence-corrected chi connectivity index (χ2v) is 9.25. The van der Waals surface area contributed by atoms with Crippen LogP contribution in [0.4, 0.5) is 0 Å². The van der Waals surface area contributed by atoms with Crippen LogP contribution in [0.15, 0.2) is 52.1 Å². The Balaban J connectivity index is 0.00000228. The van der Waals surface area contributed by atoms with Crippen molar-refractivity contribution >= 4 is 23.4 Å². The van der Waals surface area contributed by atoms with Crippen molar-refractivity contribution in [1.82, 2.24) is 19.4 Å². The molecule has 0 amide bonds. The number of likely N-dealkylation sites (tertiary alicyclic amines) is 1. The minimum absolute atomic E-state index is 0. The van der Waals surface area contributed by atoms with Crippen molar-refractivity contribution < 1.29 is 4.74 Å². The normalized spacial score (nSPS) is 19.9. The number of benzene rings is 1. The van der Waals surface area contributed by atoms with E-state index in [2.05, 4.69) is 28.4 Å². The summed E-state index contributed by atoms with van der Waals surface area (Å²) < 4.78 is 9.28. The zero-order valence-corrected chi connectivity index (χ0v) is 19.4. The van der Waals surface area contributed by atoms with Crippen molar-refractivity contribution in [2.75, 3.05) is 26.2 Å². The van der Waals surface area contributed by atoms with E-state index in [1.165, 1.54) is 11.1 Å². The molecular weight excluding hydrogens is 440 g/mol. The summed E-state index contributed by atoms with van der Waals surface area (Å²) in [5.74, 6) is 1.04. The van der Waals surface area contributed by atoms with Gasteiger partial charge in [-0.1, -0.05) is 12.1 Å². The first-order valence-electron chi connectivity index (χ1n) is 11.6. The van der Waals surface area contributed by atoms with Gasteiger partial charge in [0.05, 0.1) is 12.6 Å². The number of fused-ring (bicyclic) bond motifs is 1. The second-order valence-electron chi connectivity index (χ2n) is 9.25. The topological polar surface area (TPSA) is 68.5 Å². The Bertz CT molecular complexity index is 1290. The third kappa shape index (κ3) is 4.09. The average molecular weight is 469 g/mol. The van der Waals surface area contributed by atoms with Crippen LogP contribution in [-0.4, -0.2) is 46.3 Å².